The highest BCUT2D eigenvalue weighted by Crippen LogP contribution is 2.54. The Morgan fingerprint density at radius 1 is 0.595 bits per heavy atom. The van der Waals surface area contributed by atoms with Crippen LogP contribution in [0.2, 0.25) is 0 Å². The molecule has 0 aliphatic rings. The van der Waals surface area contributed by atoms with Crippen LogP contribution in [0.1, 0.15) is 55.4 Å². The van der Waals surface area contributed by atoms with E-state index in [1.54, 1.807) is 0 Å². The summed E-state index contributed by atoms with van der Waals surface area (Å²) in [6.45, 7) is 18.1. The third kappa shape index (κ3) is 6.73. The van der Waals surface area contributed by atoms with E-state index in [9.17, 15) is 0 Å². The minimum atomic E-state index is -1.17. The summed E-state index contributed by atoms with van der Waals surface area (Å²) in [6.07, 6.45) is 0. The number of fused-ring (bicyclic) bond motifs is 2. The van der Waals surface area contributed by atoms with Crippen molar-refractivity contribution in [3.05, 3.63) is 72.8 Å². The Morgan fingerprint density at radius 2 is 1.00 bits per heavy atom. The summed E-state index contributed by atoms with van der Waals surface area (Å²) in [7, 11) is 2.64. The molecule has 0 fully saturated rings. The fourth-order valence-corrected chi connectivity index (χ4v) is 8.08. The molecule has 0 bridgehead atoms. The molecule has 0 amide bonds. The van der Waals surface area contributed by atoms with Crippen molar-refractivity contribution in [2.45, 2.75) is 79.6 Å². The third-order valence-corrected chi connectivity index (χ3v) is 10.7. The lowest BCUT2D eigenvalue weighted by molar-refractivity contribution is 0.225. The standard InChI is InChI=1S/C35H46N3O2PS/c1-23(2)37(24(3)4)41(38(25(5)6)26(7)8)40-32-22-20-28-16-12-14-18-30(28)34(32)33-29-17-13-11-15-27(29)19-21-31(33)39-35(42)36(9)10/h11-26H,1-10H3. The minimum Gasteiger partial charge on any atom is -0.444 e. The Labute approximate surface area is 259 Å². The van der Waals surface area contributed by atoms with Gasteiger partial charge in [-0.3, -0.25) is 0 Å². The highest BCUT2D eigenvalue weighted by molar-refractivity contribution is 7.80. The van der Waals surface area contributed by atoms with Crippen LogP contribution in [0.4, 0.5) is 0 Å². The minimum absolute atomic E-state index is 0.300. The van der Waals surface area contributed by atoms with E-state index < -0.39 is 8.45 Å². The highest BCUT2D eigenvalue weighted by atomic mass is 32.1. The van der Waals surface area contributed by atoms with Crippen molar-refractivity contribution in [2.75, 3.05) is 14.1 Å². The molecule has 42 heavy (non-hydrogen) atoms. The Bertz CT molecular complexity index is 1500. The van der Waals surface area contributed by atoms with Crippen LogP contribution in [0.5, 0.6) is 11.5 Å². The fraction of sp³-hybridized carbons (Fsp3) is 0.400. The number of benzene rings is 4. The topological polar surface area (TPSA) is 28.2 Å². The smallest absolute Gasteiger partial charge is 0.264 e. The average molecular weight is 604 g/mol. The molecular weight excluding hydrogens is 557 g/mol. The molecule has 0 radical (unpaired) electrons. The SMILES string of the molecule is CC(C)N(C(C)C)P(Oc1ccc2ccccc2c1-c1c(OC(=S)N(C)C)ccc2ccccc12)N(C(C)C)C(C)C. The predicted molar refractivity (Wildman–Crippen MR) is 186 cm³/mol. The van der Waals surface area contributed by atoms with Crippen LogP contribution < -0.4 is 9.26 Å². The molecule has 0 aromatic heterocycles. The number of thiocarbonyl (C=S) groups is 1. The third-order valence-electron chi connectivity index (χ3n) is 7.29. The van der Waals surface area contributed by atoms with Crippen LogP contribution in [-0.2, 0) is 0 Å². The van der Waals surface area contributed by atoms with Gasteiger partial charge >= 0.3 is 0 Å². The first-order valence-electron chi connectivity index (χ1n) is 14.9. The average Bonchev–Trinajstić information content (AvgIpc) is 2.92. The van der Waals surface area contributed by atoms with Gasteiger partial charge in [0.1, 0.15) is 11.5 Å². The van der Waals surface area contributed by atoms with Gasteiger partial charge in [0.25, 0.3) is 5.17 Å². The van der Waals surface area contributed by atoms with E-state index in [0.29, 0.717) is 35.1 Å². The molecule has 4 rings (SSSR count). The van der Waals surface area contributed by atoms with Gasteiger partial charge in [0.2, 0.25) is 8.45 Å². The lowest BCUT2D eigenvalue weighted by Crippen LogP contribution is -2.44. The highest BCUT2D eigenvalue weighted by Gasteiger charge is 2.36. The molecule has 7 heteroatoms. The molecule has 5 nitrogen and oxygen atoms in total. The summed E-state index contributed by atoms with van der Waals surface area (Å²) in [6, 6.07) is 26.6. The Kier molecular flexibility index (Phi) is 10.5. The molecule has 0 spiro atoms. The van der Waals surface area contributed by atoms with Crippen LogP contribution in [-0.4, -0.2) is 57.7 Å². The van der Waals surface area contributed by atoms with E-state index in [1.165, 1.54) is 0 Å². The molecule has 0 heterocycles. The number of hydrogen-bond acceptors (Lipinski definition) is 5. The second-order valence-corrected chi connectivity index (χ2v) is 14.0. The molecule has 0 unspecified atom stereocenters. The Morgan fingerprint density at radius 3 is 1.43 bits per heavy atom. The Balaban J connectivity index is 2.06. The van der Waals surface area contributed by atoms with Gasteiger partial charge in [-0.05, 0) is 101 Å². The van der Waals surface area contributed by atoms with Gasteiger partial charge < -0.3 is 14.2 Å². The van der Waals surface area contributed by atoms with Gasteiger partial charge in [0, 0.05) is 49.4 Å². The number of hydrogen-bond donors (Lipinski definition) is 0. The van der Waals surface area contributed by atoms with E-state index in [1.807, 2.05) is 25.1 Å². The molecule has 0 saturated heterocycles. The van der Waals surface area contributed by atoms with Crippen molar-refractivity contribution in [3.8, 4) is 22.6 Å². The molecule has 0 atom stereocenters. The van der Waals surface area contributed by atoms with E-state index >= 15 is 0 Å². The van der Waals surface area contributed by atoms with E-state index in [2.05, 4.69) is 131 Å². The summed E-state index contributed by atoms with van der Waals surface area (Å²) in [5.74, 6) is 1.56. The number of nitrogens with zero attached hydrogens (tertiary/aromatic N) is 3. The predicted octanol–water partition coefficient (Wildman–Crippen LogP) is 9.73. The van der Waals surface area contributed by atoms with Gasteiger partial charge in [-0.2, -0.15) is 0 Å². The molecule has 0 aliphatic carbocycles. The maximum absolute atomic E-state index is 7.35. The normalized spacial score (nSPS) is 12.2. The number of rotatable bonds is 10. The van der Waals surface area contributed by atoms with Crippen LogP contribution in [0.25, 0.3) is 32.7 Å². The summed E-state index contributed by atoms with van der Waals surface area (Å²) >= 11 is 5.64. The lowest BCUT2D eigenvalue weighted by Gasteiger charge is -2.45. The molecule has 0 aliphatic heterocycles. The second kappa shape index (κ2) is 13.7. The zero-order valence-corrected chi connectivity index (χ0v) is 28.5. The molecule has 4 aromatic rings. The summed E-state index contributed by atoms with van der Waals surface area (Å²) in [4.78, 5) is 1.82. The van der Waals surface area contributed by atoms with E-state index in [4.69, 9.17) is 21.5 Å². The quantitative estimate of drug-likeness (QED) is 0.132. The van der Waals surface area contributed by atoms with Crippen molar-refractivity contribution in [1.82, 2.24) is 14.2 Å². The molecule has 224 valence electrons. The van der Waals surface area contributed by atoms with Gasteiger partial charge in [0.05, 0.1) is 0 Å². The molecular formula is C35H46N3O2PS. The van der Waals surface area contributed by atoms with Crippen molar-refractivity contribution in [2.24, 2.45) is 0 Å². The van der Waals surface area contributed by atoms with Crippen LogP contribution >= 0.6 is 20.7 Å². The molecule has 0 saturated carbocycles. The number of ether oxygens (including phenoxy) is 1. The van der Waals surface area contributed by atoms with Crippen molar-refractivity contribution >= 4 is 47.4 Å². The maximum atomic E-state index is 7.35. The van der Waals surface area contributed by atoms with Crippen LogP contribution in [0, 0.1) is 0 Å². The first-order chi connectivity index (χ1) is 19.9. The van der Waals surface area contributed by atoms with Gasteiger partial charge in [-0.1, -0.05) is 60.7 Å². The van der Waals surface area contributed by atoms with E-state index in [0.717, 1.165) is 38.4 Å². The Hall–Kier alpha value is -2.76. The van der Waals surface area contributed by atoms with Crippen molar-refractivity contribution in [1.29, 1.82) is 0 Å². The van der Waals surface area contributed by atoms with Crippen LogP contribution in [0.15, 0.2) is 72.8 Å². The zero-order chi connectivity index (χ0) is 30.7. The summed E-state index contributed by atoms with van der Waals surface area (Å²) in [5, 5.41) is 4.90. The molecule has 0 N–H and O–H groups in total. The summed E-state index contributed by atoms with van der Waals surface area (Å²) in [5.41, 5.74) is 2.01. The van der Waals surface area contributed by atoms with Crippen molar-refractivity contribution < 1.29 is 9.26 Å². The van der Waals surface area contributed by atoms with Gasteiger partial charge in [0.15, 0.2) is 0 Å². The second-order valence-electron chi connectivity index (χ2n) is 12.1. The van der Waals surface area contributed by atoms with Crippen molar-refractivity contribution in [3.63, 3.8) is 0 Å². The fourth-order valence-electron chi connectivity index (χ4n) is 5.65. The van der Waals surface area contributed by atoms with E-state index in [-0.39, 0.29) is 0 Å². The first kappa shape index (κ1) is 32.2. The monoisotopic (exact) mass is 603 g/mol. The largest absolute Gasteiger partial charge is 0.444 e. The van der Waals surface area contributed by atoms with Crippen LogP contribution in [0.3, 0.4) is 0 Å². The first-order valence-corrected chi connectivity index (χ1v) is 16.5. The van der Waals surface area contributed by atoms with Gasteiger partial charge in [-0.15, -0.1) is 0 Å². The zero-order valence-electron chi connectivity index (χ0n) is 26.8. The summed E-state index contributed by atoms with van der Waals surface area (Å²) < 4.78 is 18.8. The lowest BCUT2D eigenvalue weighted by atomic mass is 9.92. The maximum Gasteiger partial charge on any atom is 0.264 e. The van der Waals surface area contributed by atoms with Gasteiger partial charge in [-0.25, -0.2) is 9.34 Å². The molecule has 4 aromatic carbocycles.